The third-order valence-corrected chi connectivity index (χ3v) is 5.94. The summed E-state index contributed by atoms with van der Waals surface area (Å²) in [6.45, 7) is 2.04. The van der Waals surface area contributed by atoms with Crippen LogP contribution in [-0.2, 0) is 13.5 Å². The molecule has 0 spiro atoms. The van der Waals surface area contributed by atoms with Gasteiger partial charge in [-0.05, 0) is 37.6 Å². The van der Waals surface area contributed by atoms with Gasteiger partial charge in [-0.25, -0.2) is 17.6 Å². The highest BCUT2D eigenvalue weighted by Crippen LogP contribution is 2.37. The van der Waals surface area contributed by atoms with E-state index in [1.54, 1.807) is 18.9 Å². The molecular weight excluding hydrogens is 452 g/mol. The van der Waals surface area contributed by atoms with Crippen LogP contribution in [0.2, 0.25) is 0 Å². The lowest BCUT2D eigenvalue weighted by Crippen LogP contribution is -2.39. The summed E-state index contributed by atoms with van der Waals surface area (Å²) in [4.78, 5) is 16.1. The monoisotopic (exact) mass is 470 g/mol. The summed E-state index contributed by atoms with van der Waals surface area (Å²) in [5, 5.41) is 12.4. The Hall–Kier alpha value is -4.02. The van der Waals surface area contributed by atoms with Crippen molar-refractivity contribution in [3.63, 3.8) is 0 Å². The van der Waals surface area contributed by atoms with Gasteiger partial charge >= 0.3 is 0 Å². The molecule has 2 aromatic carbocycles. The number of carbonyl (C=O) groups is 1. The van der Waals surface area contributed by atoms with Crippen LogP contribution in [0.1, 0.15) is 34.6 Å². The Bertz CT molecular complexity index is 1390. The summed E-state index contributed by atoms with van der Waals surface area (Å²) in [6, 6.07) is 5.22. The van der Waals surface area contributed by atoms with Crippen molar-refractivity contribution in [1.82, 2.24) is 29.7 Å². The number of nitrogens with zero attached hydrogens (tertiary/aromatic N) is 6. The molecule has 0 unspecified atom stereocenters. The van der Waals surface area contributed by atoms with E-state index in [0.717, 1.165) is 18.2 Å². The minimum atomic E-state index is -1.54. The van der Waals surface area contributed by atoms with E-state index in [9.17, 15) is 22.4 Å². The van der Waals surface area contributed by atoms with Crippen LogP contribution in [0, 0.1) is 23.3 Å². The van der Waals surface area contributed by atoms with Gasteiger partial charge in [-0.3, -0.25) is 9.48 Å². The van der Waals surface area contributed by atoms with E-state index in [1.165, 1.54) is 34.0 Å². The molecule has 1 aliphatic heterocycles. The van der Waals surface area contributed by atoms with Gasteiger partial charge in [0, 0.05) is 36.3 Å². The van der Waals surface area contributed by atoms with Crippen LogP contribution in [0.5, 0.6) is 0 Å². The van der Waals surface area contributed by atoms with Crippen molar-refractivity contribution in [3.05, 3.63) is 82.8 Å². The van der Waals surface area contributed by atoms with E-state index in [0.29, 0.717) is 29.1 Å². The summed E-state index contributed by atoms with van der Waals surface area (Å²) in [7, 11) is 1.61. The summed E-state index contributed by atoms with van der Waals surface area (Å²) in [6.07, 6.45) is 3.23. The third-order valence-electron chi connectivity index (χ3n) is 5.94. The SMILES string of the molecule is C[C@H]1c2nn(C)c(-c3cc(F)c(F)c(F)c3)c2CCN1C(=O)c1cc(F)cc(-n2nccn2)c1. The summed E-state index contributed by atoms with van der Waals surface area (Å²) in [5.74, 6) is -5.13. The average Bonchev–Trinajstić information content (AvgIpc) is 3.45. The molecule has 4 aromatic rings. The second kappa shape index (κ2) is 8.08. The molecule has 0 aliphatic carbocycles. The number of hydrogen-bond acceptors (Lipinski definition) is 4. The Morgan fingerprint density at radius 2 is 1.68 bits per heavy atom. The highest BCUT2D eigenvalue weighted by Gasteiger charge is 2.34. The molecule has 2 aromatic heterocycles. The first-order valence-corrected chi connectivity index (χ1v) is 10.4. The number of carbonyl (C=O) groups excluding carboxylic acids is 1. The van der Waals surface area contributed by atoms with Gasteiger partial charge < -0.3 is 4.90 Å². The number of halogens is 4. The summed E-state index contributed by atoms with van der Waals surface area (Å²) < 4.78 is 56.9. The van der Waals surface area contributed by atoms with Gasteiger partial charge in [0.25, 0.3) is 5.91 Å². The second-order valence-electron chi connectivity index (χ2n) is 8.03. The number of amides is 1. The maximum Gasteiger partial charge on any atom is 0.254 e. The lowest BCUT2D eigenvalue weighted by atomic mass is 9.95. The molecule has 1 atom stereocenters. The van der Waals surface area contributed by atoms with Crippen LogP contribution in [0.15, 0.2) is 42.7 Å². The summed E-state index contributed by atoms with van der Waals surface area (Å²) >= 11 is 0. The Balaban J connectivity index is 1.50. The molecule has 3 heterocycles. The highest BCUT2D eigenvalue weighted by molar-refractivity contribution is 5.95. The van der Waals surface area contributed by atoms with E-state index in [4.69, 9.17) is 0 Å². The minimum Gasteiger partial charge on any atom is -0.330 e. The van der Waals surface area contributed by atoms with Crippen LogP contribution in [0.4, 0.5) is 17.6 Å². The molecule has 1 amide bonds. The molecule has 174 valence electrons. The van der Waals surface area contributed by atoms with E-state index < -0.39 is 35.2 Å². The van der Waals surface area contributed by atoms with Crippen molar-refractivity contribution in [1.29, 1.82) is 0 Å². The largest absolute Gasteiger partial charge is 0.330 e. The molecular formula is C23H18F4N6O. The van der Waals surface area contributed by atoms with Gasteiger partial charge in [0.05, 0.1) is 35.5 Å². The van der Waals surface area contributed by atoms with Crippen LogP contribution in [-0.4, -0.2) is 42.1 Å². The number of aryl methyl sites for hydroxylation is 1. The average molecular weight is 470 g/mol. The second-order valence-corrected chi connectivity index (χ2v) is 8.03. The first-order chi connectivity index (χ1) is 16.2. The highest BCUT2D eigenvalue weighted by atomic mass is 19.2. The molecule has 7 nitrogen and oxygen atoms in total. The number of benzene rings is 2. The Morgan fingerprint density at radius 3 is 2.35 bits per heavy atom. The number of aromatic nitrogens is 5. The quantitative estimate of drug-likeness (QED) is 0.336. The Labute approximate surface area is 191 Å². The predicted octanol–water partition coefficient (Wildman–Crippen LogP) is 3.98. The van der Waals surface area contributed by atoms with E-state index in [2.05, 4.69) is 15.3 Å². The van der Waals surface area contributed by atoms with Gasteiger partial charge in [-0.1, -0.05) is 0 Å². The summed E-state index contributed by atoms with van der Waals surface area (Å²) in [5.41, 5.74) is 2.30. The lowest BCUT2D eigenvalue weighted by Gasteiger charge is -2.33. The van der Waals surface area contributed by atoms with Crippen molar-refractivity contribution in [2.24, 2.45) is 7.05 Å². The zero-order valence-corrected chi connectivity index (χ0v) is 18.1. The maximum atomic E-state index is 14.3. The normalized spacial score (nSPS) is 15.5. The van der Waals surface area contributed by atoms with E-state index >= 15 is 0 Å². The van der Waals surface area contributed by atoms with Gasteiger partial charge in [-0.15, -0.1) is 0 Å². The fraction of sp³-hybridized carbons (Fsp3) is 0.217. The number of hydrogen-bond donors (Lipinski definition) is 0. The Morgan fingerprint density at radius 1 is 1.00 bits per heavy atom. The molecule has 1 aliphatic rings. The molecule has 0 saturated carbocycles. The van der Waals surface area contributed by atoms with Gasteiger partial charge in [0.15, 0.2) is 17.5 Å². The van der Waals surface area contributed by atoms with Crippen molar-refractivity contribution >= 4 is 5.91 Å². The van der Waals surface area contributed by atoms with Crippen LogP contribution < -0.4 is 0 Å². The van der Waals surface area contributed by atoms with E-state index in [-0.39, 0.29) is 17.7 Å². The topological polar surface area (TPSA) is 68.8 Å². The lowest BCUT2D eigenvalue weighted by molar-refractivity contribution is 0.0673. The van der Waals surface area contributed by atoms with Crippen LogP contribution in [0.3, 0.4) is 0 Å². The predicted molar refractivity (Wildman–Crippen MR) is 113 cm³/mol. The standard InChI is InChI=1S/C23H18F4N6O/c1-12-21-17(22(31(2)30-21)13-9-18(25)20(27)19(26)10-13)3-6-32(12)23(34)14-7-15(24)11-16(8-14)33-28-4-5-29-33/h4-5,7-12H,3,6H2,1-2H3/t12-/m0/s1. The first kappa shape index (κ1) is 21.8. The fourth-order valence-electron chi connectivity index (χ4n) is 4.40. The molecule has 34 heavy (non-hydrogen) atoms. The van der Waals surface area contributed by atoms with Crippen LogP contribution >= 0.6 is 0 Å². The minimum absolute atomic E-state index is 0.126. The zero-order valence-electron chi connectivity index (χ0n) is 18.1. The van der Waals surface area contributed by atoms with Gasteiger partial charge in [0.1, 0.15) is 5.82 Å². The van der Waals surface area contributed by atoms with Crippen molar-refractivity contribution in [3.8, 4) is 16.9 Å². The zero-order chi connectivity index (χ0) is 24.1. The third kappa shape index (κ3) is 3.53. The van der Waals surface area contributed by atoms with Crippen LogP contribution in [0.25, 0.3) is 16.9 Å². The molecule has 0 radical (unpaired) electrons. The first-order valence-electron chi connectivity index (χ1n) is 10.4. The number of fused-ring (bicyclic) bond motifs is 1. The Kier molecular flexibility index (Phi) is 5.18. The van der Waals surface area contributed by atoms with Gasteiger partial charge in [0.2, 0.25) is 0 Å². The molecule has 11 heteroatoms. The molecule has 0 N–H and O–H groups in total. The van der Waals surface area contributed by atoms with Crippen molar-refractivity contribution in [2.45, 2.75) is 19.4 Å². The maximum absolute atomic E-state index is 14.3. The fourth-order valence-corrected chi connectivity index (χ4v) is 4.40. The van der Waals surface area contributed by atoms with Crippen molar-refractivity contribution in [2.75, 3.05) is 6.54 Å². The van der Waals surface area contributed by atoms with Gasteiger partial charge in [-0.2, -0.15) is 20.1 Å². The van der Waals surface area contributed by atoms with Crippen molar-refractivity contribution < 1.29 is 22.4 Å². The molecule has 0 fully saturated rings. The van der Waals surface area contributed by atoms with E-state index in [1.807, 2.05) is 0 Å². The molecule has 0 bridgehead atoms. The smallest absolute Gasteiger partial charge is 0.254 e. The number of rotatable bonds is 3. The molecule has 5 rings (SSSR count). The molecule has 0 saturated heterocycles.